The lowest BCUT2D eigenvalue weighted by molar-refractivity contribution is -0.172. The number of ether oxygens (including phenoxy) is 3. The van der Waals surface area contributed by atoms with Crippen LogP contribution < -0.4 is 15.0 Å². The van der Waals surface area contributed by atoms with E-state index in [-0.39, 0.29) is 56.3 Å². The van der Waals surface area contributed by atoms with Gasteiger partial charge in [0.25, 0.3) is 5.56 Å². The van der Waals surface area contributed by atoms with E-state index in [0.717, 1.165) is 16.5 Å². The number of aromatic nitrogens is 2. The number of benzene rings is 1. The number of cyclic esters (lactones) is 1. The van der Waals surface area contributed by atoms with Gasteiger partial charge in [-0.2, -0.15) is 0 Å². The summed E-state index contributed by atoms with van der Waals surface area (Å²) in [5.74, 6) is 0.393. The third-order valence-electron chi connectivity index (χ3n) is 7.51. The highest BCUT2D eigenvalue weighted by molar-refractivity contribution is 5.91. The summed E-state index contributed by atoms with van der Waals surface area (Å²) in [6.45, 7) is 2.77. The van der Waals surface area contributed by atoms with Gasteiger partial charge < -0.3 is 34.1 Å². The van der Waals surface area contributed by atoms with Crippen LogP contribution >= 0.6 is 0 Å². The van der Waals surface area contributed by atoms with E-state index in [4.69, 9.17) is 19.2 Å². The Morgan fingerprint density at radius 3 is 2.49 bits per heavy atom. The Hall–Kier alpha value is -3.51. The van der Waals surface area contributed by atoms with Crippen molar-refractivity contribution in [3.8, 4) is 22.9 Å². The smallest absolute Gasteiger partial charge is 0.343 e. The fraction of sp³-hybridized carbons (Fsp3) is 0.423. The number of carbonyl (C=O) groups excluding carboxylic acids is 1. The van der Waals surface area contributed by atoms with Gasteiger partial charge in [-0.3, -0.25) is 9.69 Å². The van der Waals surface area contributed by atoms with E-state index in [9.17, 15) is 24.9 Å². The second kappa shape index (κ2) is 8.80. The number of aliphatic hydroxyl groups excluding tert-OH is 2. The zero-order valence-electron chi connectivity index (χ0n) is 20.3. The van der Waals surface area contributed by atoms with Crippen LogP contribution in [-0.2, 0) is 34.8 Å². The van der Waals surface area contributed by atoms with Crippen molar-refractivity contribution in [1.29, 1.82) is 0 Å². The first-order valence-electron chi connectivity index (χ1n) is 12.3. The van der Waals surface area contributed by atoms with Gasteiger partial charge in [-0.05, 0) is 24.1 Å². The van der Waals surface area contributed by atoms with Gasteiger partial charge in [0.1, 0.15) is 6.61 Å². The number of pyridine rings is 2. The van der Waals surface area contributed by atoms with Crippen molar-refractivity contribution in [3.63, 3.8) is 0 Å². The molecule has 0 saturated heterocycles. The van der Waals surface area contributed by atoms with E-state index in [1.54, 1.807) is 23.6 Å². The van der Waals surface area contributed by atoms with Crippen LogP contribution in [0.1, 0.15) is 35.6 Å². The Balaban J connectivity index is 1.59. The maximum atomic E-state index is 13.6. The summed E-state index contributed by atoms with van der Waals surface area (Å²) in [6.07, 6.45) is 0.0612. The Morgan fingerprint density at radius 1 is 1.05 bits per heavy atom. The lowest BCUT2D eigenvalue weighted by Crippen LogP contribution is -2.44. The quantitative estimate of drug-likeness (QED) is 0.303. The SMILES string of the molecule is CC[C@@]1(O)C(=O)OCc2c1cc1n(c2=O)Cc2c-1nc1cc3c(cc1c2CN(CCO)CCO)OCO3. The second-order valence-corrected chi connectivity index (χ2v) is 9.47. The van der Waals surface area contributed by atoms with Gasteiger partial charge in [0.2, 0.25) is 6.79 Å². The van der Waals surface area contributed by atoms with Gasteiger partial charge in [-0.1, -0.05) is 6.92 Å². The molecule has 2 aromatic heterocycles. The summed E-state index contributed by atoms with van der Waals surface area (Å²) in [6, 6.07) is 5.35. The highest BCUT2D eigenvalue weighted by atomic mass is 16.7. The average molecular weight is 510 g/mol. The normalized spacial score (nSPS) is 19.2. The van der Waals surface area contributed by atoms with Crippen LogP contribution in [0.3, 0.4) is 0 Å². The molecule has 0 saturated carbocycles. The van der Waals surface area contributed by atoms with E-state index in [0.29, 0.717) is 48.0 Å². The van der Waals surface area contributed by atoms with Crippen molar-refractivity contribution in [2.45, 2.75) is 38.6 Å². The summed E-state index contributed by atoms with van der Waals surface area (Å²) < 4.78 is 17.9. The van der Waals surface area contributed by atoms with Crippen molar-refractivity contribution < 1.29 is 34.3 Å². The molecule has 0 spiro atoms. The van der Waals surface area contributed by atoms with Crippen molar-refractivity contribution in [1.82, 2.24) is 14.5 Å². The minimum atomic E-state index is -1.91. The van der Waals surface area contributed by atoms with Crippen molar-refractivity contribution >= 4 is 16.9 Å². The molecule has 5 heterocycles. The first-order chi connectivity index (χ1) is 17.9. The lowest BCUT2D eigenvalue weighted by Gasteiger charge is -2.31. The molecule has 0 bridgehead atoms. The minimum Gasteiger partial charge on any atom is -0.458 e. The molecule has 0 aliphatic carbocycles. The summed E-state index contributed by atoms with van der Waals surface area (Å²) in [5.41, 5.74) is 1.70. The molecule has 37 heavy (non-hydrogen) atoms. The summed E-state index contributed by atoms with van der Waals surface area (Å²) in [4.78, 5) is 32.9. The molecular weight excluding hydrogens is 482 g/mol. The molecule has 194 valence electrons. The Morgan fingerprint density at radius 2 is 1.78 bits per heavy atom. The molecule has 0 fully saturated rings. The predicted octanol–water partition coefficient (Wildman–Crippen LogP) is 0.595. The molecular formula is C26H27N3O8. The summed E-state index contributed by atoms with van der Waals surface area (Å²) >= 11 is 0. The number of fused-ring (bicyclic) bond motifs is 6. The molecule has 3 N–H and O–H groups in total. The molecule has 1 aromatic carbocycles. The molecule has 1 atom stereocenters. The van der Waals surface area contributed by atoms with Crippen LogP contribution in [-0.4, -0.2) is 68.8 Å². The number of aliphatic hydroxyl groups is 3. The van der Waals surface area contributed by atoms with Crippen LogP contribution in [0.2, 0.25) is 0 Å². The maximum Gasteiger partial charge on any atom is 0.343 e. The van der Waals surface area contributed by atoms with Crippen molar-refractivity contribution in [3.05, 3.63) is 50.8 Å². The van der Waals surface area contributed by atoms with Gasteiger partial charge >= 0.3 is 5.97 Å². The second-order valence-electron chi connectivity index (χ2n) is 9.47. The highest BCUT2D eigenvalue weighted by Gasteiger charge is 2.45. The van der Waals surface area contributed by atoms with Crippen molar-refractivity contribution in [2.24, 2.45) is 0 Å². The van der Waals surface area contributed by atoms with E-state index in [1.165, 1.54) is 0 Å². The van der Waals surface area contributed by atoms with Gasteiger partial charge in [-0.15, -0.1) is 0 Å². The molecule has 11 nitrogen and oxygen atoms in total. The average Bonchev–Trinajstić information content (AvgIpc) is 3.50. The highest BCUT2D eigenvalue weighted by Crippen LogP contribution is 2.43. The minimum absolute atomic E-state index is 0.0612. The summed E-state index contributed by atoms with van der Waals surface area (Å²) in [5, 5.41) is 31.1. The number of hydrogen-bond donors (Lipinski definition) is 3. The topological polar surface area (TPSA) is 144 Å². The fourth-order valence-corrected chi connectivity index (χ4v) is 5.51. The Bertz CT molecular complexity index is 1490. The standard InChI is InChI=1S/C26H27N3O8/c1-2-26(34)18-8-20-23-16(11-29(20)24(32)17(18)12-35-25(26)33)15(10-28(3-5-30)4-6-31)14-7-21-22(37-13-36-21)9-19(14)27-23/h7-9,30-31,34H,2-6,10-13H2,1H3/t26-/m0/s1. The first-order valence-corrected chi connectivity index (χ1v) is 12.3. The molecule has 0 unspecified atom stereocenters. The van der Waals surface area contributed by atoms with Crippen LogP contribution in [0.5, 0.6) is 11.5 Å². The van der Waals surface area contributed by atoms with Crippen LogP contribution in [0.25, 0.3) is 22.3 Å². The molecule has 6 rings (SSSR count). The van der Waals surface area contributed by atoms with Gasteiger partial charge in [0, 0.05) is 42.2 Å². The molecule has 0 radical (unpaired) electrons. The number of rotatable bonds is 7. The Labute approximate surface area is 211 Å². The Kier molecular flexibility index (Phi) is 5.68. The van der Waals surface area contributed by atoms with Gasteiger partial charge in [-0.25, -0.2) is 9.78 Å². The third kappa shape index (κ3) is 3.53. The fourth-order valence-electron chi connectivity index (χ4n) is 5.51. The molecule has 11 heteroatoms. The maximum absolute atomic E-state index is 13.6. The van der Waals surface area contributed by atoms with E-state index >= 15 is 0 Å². The van der Waals surface area contributed by atoms with E-state index in [2.05, 4.69) is 0 Å². The first kappa shape index (κ1) is 23.9. The predicted molar refractivity (Wildman–Crippen MR) is 130 cm³/mol. The van der Waals surface area contributed by atoms with E-state index < -0.39 is 11.6 Å². The number of hydrogen-bond acceptors (Lipinski definition) is 10. The molecule has 3 aromatic rings. The number of nitrogens with zero attached hydrogens (tertiary/aromatic N) is 3. The largest absolute Gasteiger partial charge is 0.458 e. The number of esters is 1. The van der Waals surface area contributed by atoms with E-state index in [1.807, 2.05) is 11.0 Å². The van der Waals surface area contributed by atoms with Gasteiger partial charge in [0.05, 0.1) is 42.2 Å². The zero-order chi connectivity index (χ0) is 25.9. The van der Waals surface area contributed by atoms with Crippen LogP contribution in [0.15, 0.2) is 23.0 Å². The monoisotopic (exact) mass is 509 g/mol. The lowest BCUT2D eigenvalue weighted by atomic mass is 9.86. The zero-order valence-corrected chi connectivity index (χ0v) is 20.3. The third-order valence-corrected chi connectivity index (χ3v) is 7.51. The summed E-state index contributed by atoms with van der Waals surface area (Å²) in [7, 11) is 0. The molecule has 3 aliphatic rings. The van der Waals surface area contributed by atoms with Crippen LogP contribution in [0.4, 0.5) is 0 Å². The molecule has 0 amide bonds. The van der Waals surface area contributed by atoms with Gasteiger partial charge in [0.15, 0.2) is 17.1 Å². The van der Waals surface area contributed by atoms with Crippen molar-refractivity contribution in [2.75, 3.05) is 33.1 Å². The number of carbonyl (C=O) groups is 1. The van der Waals surface area contributed by atoms with Crippen LogP contribution in [0, 0.1) is 0 Å². The molecule has 3 aliphatic heterocycles.